The summed E-state index contributed by atoms with van der Waals surface area (Å²) in [6.45, 7) is 7.47. The number of fused-ring (bicyclic) bond motifs is 2. The second kappa shape index (κ2) is 10.8. The molecule has 0 spiro atoms. The molecule has 6 heteroatoms. The molecular formula is C28H34N2O4. The van der Waals surface area contributed by atoms with Crippen molar-refractivity contribution in [2.24, 2.45) is 5.41 Å². The fourth-order valence-electron chi connectivity index (χ4n) is 4.29. The summed E-state index contributed by atoms with van der Waals surface area (Å²) >= 11 is 0. The molecule has 2 aromatic carbocycles. The Morgan fingerprint density at radius 1 is 0.971 bits per heavy atom. The molecule has 2 heterocycles. The van der Waals surface area contributed by atoms with E-state index in [1.54, 1.807) is 20.4 Å². The van der Waals surface area contributed by atoms with Crippen molar-refractivity contribution in [1.82, 2.24) is 9.88 Å². The predicted molar refractivity (Wildman–Crippen MR) is 133 cm³/mol. The van der Waals surface area contributed by atoms with Crippen LogP contribution in [0.5, 0.6) is 28.9 Å². The van der Waals surface area contributed by atoms with Gasteiger partial charge in [-0.05, 0) is 49.1 Å². The molecular weight excluding hydrogens is 428 g/mol. The average molecular weight is 463 g/mol. The van der Waals surface area contributed by atoms with Crippen molar-refractivity contribution in [3.63, 3.8) is 0 Å². The van der Waals surface area contributed by atoms with Crippen LogP contribution in [0.2, 0.25) is 0 Å². The molecule has 0 N–H and O–H groups in total. The molecule has 0 amide bonds. The maximum atomic E-state index is 6.30. The lowest BCUT2D eigenvalue weighted by Crippen LogP contribution is -2.27. The molecule has 0 unspecified atom stereocenters. The number of nitrogens with zero attached hydrogens (tertiary/aromatic N) is 2. The number of benzene rings is 2. The number of ether oxygens (including phenoxy) is 4. The molecule has 0 aliphatic carbocycles. The van der Waals surface area contributed by atoms with Crippen molar-refractivity contribution in [2.75, 3.05) is 27.4 Å². The van der Waals surface area contributed by atoms with E-state index in [1.807, 2.05) is 42.5 Å². The monoisotopic (exact) mass is 462 g/mol. The molecule has 180 valence electrons. The normalized spacial score (nSPS) is 16.4. The third-order valence-corrected chi connectivity index (χ3v) is 6.12. The van der Waals surface area contributed by atoms with Crippen molar-refractivity contribution < 1.29 is 18.9 Å². The quantitative estimate of drug-likeness (QED) is 0.468. The van der Waals surface area contributed by atoms with E-state index in [2.05, 4.69) is 35.9 Å². The Kier molecular flexibility index (Phi) is 7.58. The first-order valence-electron chi connectivity index (χ1n) is 11.7. The van der Waals surface area contributed by atoms with Crippen LogP contribution in [0, 0.1) is 5.41 Å². The van der Waals surface area contributed by atoms with E-state index in [0.717, 1.165) is 54.3 Å². The lowest BCUT2D eigenvalue weighted by Gasteiger charge is -2.27. The van der Waals surface area contributed by atoms with Crippen molar-refractivity contribution in [2.45, 2.75) is 39.8 Å². The van der Waals surface area contributed by atoms with Gasteiger partial charge in [0.15, 0.2) is 23.0 Å². The number of hydrogen-bond acceptors (Lipinski definition) is 6. The Hall–Kier alpha value is -3.25. The minimum absolute atomic E-state index is 0.0333. The van der Waals surface area contributed by atoms with Gasteiger partial charge in [-0.15, -0.1) is 0 Å². The van der Waals surface area contributed by atoms with Gasteiger partial charge in [0, 0.05) is 30.4 Å². The second-order valence-electron chi connectivity index (χ2n) is 9.44. The molecule has 0 atom stereocenters. The Morgan fingerprint density at radius 3 is 2.59 bits per heavy atom. The molecule has 6 nitrogen and oxygen atoms in total. The number of para-hydroxylation sites is 3. The van der Waals surface area contributed by atoms with E-state index in [9.17, 15) is 0 Å². The Balaban J connectivity index is 1.68. The highest BCUT2D eigenvalue weighted by Gasteiger charge is 2.23. The van der Waals surface area contributed by atoms with Crippen LogP contribution in [0.15, 0.2) is 60.8 Å². The third-order valence-electron chi connectivity index (χ3n) is 6.12. The minimum atomic E-state index is 0.0333. The highest BCUT2D eigenvalue weighted by molar-refractivity contribution is 5.47. The molecule has 0 radical (unpaired) electrons. The van der Waals surface area contributed by atoms with E-state index in [-0.39, 0.29) is 5.41 Å². The molecule has 34 heavy (non-hydrogen) atoms. The zero-order chi connectivity index (χ0) is 24.0. The van der Waals surface area contributed by atoms with Crippen molar-refractivity contribution in [3.05, 3.63) is 71.9 Å². The van der Waals surface area contributed by atoms with Gasteiger partial charge in [0.2, 0.25) is 5.88 Å². The second-order valence-corrected chi connectivity index (χ2v) is 9.44. The van der Waals surface area contributed by atoms with Gasteiger partial charge in [0.05, 0.1) is 20.8 Å². The zero-order valence-corrected chi connectivity index (χ0v) is 20.5. The highest BCUT2D eigenvalue weighted by Crippen LogP contribution is 2.36. The zero-order valence-electron chi connectivity index (χ0n) is 20.5. The summed E-state index contributed by atoms with van der Waals surface area (Å²) in [6, 6.07) is 17.9. The van der Waals surface area contributed by atoms with Crippen LogP contribution in [0.3, 0.4) is 0 Å². The maximum Gasteiger partial charge on any atom is 0.223 e. The van der Waals surface area contributed by atoms with E-state index >= 15 is 0 Å². The topological polar surface area (TPSA) is 53.1 Å². The SMILES string of the molecule is COc1cccc(CN2CCCC(C)(C)COc3ccccc3Oc3ncccc3C2)c1OC. The fourth-order valence-corrected chi connectivity index (χ4v) is 4.29. The van der Waals surface area contributed by atoms with Gasteiger partial charge in [0.1, 0.15) is 0 Å². The number of methoxy groups -OCH3 is 2. The first-order valence-corrected chi connectivity index (χ1v) is 11.7. The smallest absolute Gasteiger partial charge is 0.223 e. The van der Waals surface area contributed by atoms with Gasteiger partial charge in [-0.1, -0.05) is 44.2 Å². The summed E-state index contributed by atoms with van der Waals surface area (Å²) < 4.78 is 23.7. The van der Waals surface area contributed by atoms with Gasteiger partial charge in [-0.25, -0.2) is 4.98 Å². The largest absolute Gasteiger partial charge is 0.493 e. The minimum Gasteiger partial charge on any atom is -0.493 e. The van der Waals surface area contributed by atoms with Crippen molar-refractivity contribution in [3.8, 4) is 28.9 Å². The summed E-state index contributed by atoms with van der Waals surface area (Å²) in [5.41, 5.74) is 2.15. The maximum absolute atomic E-state index is 6.30. The summed E-state index contributed by atoms with van der Waals surface area (Å²) in [4.78, 5) is 6.97. The summed E-state index contributed by atoms with van der Waals surface area (Å²) in [7, 11) is 3.36. The van der Waals surface area contributed by atoms with Crippen LogP contribution in [-0.2, 0) is 13.1 Å². The Labute approximate surface area is 202 Å². The van der Waals surface area contributed by atoms with Gasteiger partial charge < -0.3 is 18.9 Å². The Bertz CT molecular complexity index is 1100. The third kappa shape index (κ3) is 5.81. The predicted octanol–water partition coefficient (Wildman–Crippen LogP) is 6.09. The first-order chi connectivity index (χ1) is 16.5. The van der Waals surface area contributed by atoms with Gasteiger partial charge >= 0.3 is 0 Å². The first kappa shape index (κ1) is 23.9. The molecule has 0 bridgehead atoms. The summed E-state index contributed by atoms with van der Waals surface area (Å²) in [6.07, 6.45) is 3.85. The van der Waals surface area contributed by atoms with E-state index < -0.39 is 0 Å². The molecule has 1 aromatic heterocycles. The van der Waals surface area contributed by atoms with E-state index in [4.69, 9.17) is 18.9 Å². The van der Waals surface area contributed by atoms with Gasteiger partial charge in [0.25, 0.3) is 0 Å². The molecule has 0 fully saturated rings. The van der Waals surface area contributed by atoms with Gasteiger partial charge in [-0.2, -0.15) is 0 Å². The number of rotatable bonds is 4. The van der Waals surface area contributed by atoms with Crippen LogP contribution in [0.4, 0.5) is 0 Å². The number of aromatic nitrogens is 1. The fraction of sp³-hybridized carbons (Fsp3) is 0.393. The van der Waals surface area contributed by atoms with Crippen LogP contribution in [0.25, 0.3) is 0 Å². The Morgan fingerprint density at radius 2 is 1.79 bits per heavy atom. The van der Waals surface area contributed by atoms with Crippen LogP contribution in [0.1, 0.15) is 37.8 Å². The van der Waals surface area contributed by atoms with E-state index in [0.29, 0.717) is 24.8 Å². The lowest BCUT2D eigenvalue weighted by molar-refractivity contribution is 0.154. The molecule has 0 saturated heterocycles. The number of pyridine rings is 1. The highest BCUT2D eigenvalue weighted by atomic mass is 16.5. The average Bonchev–Trinajstić information content (AvgIpc) is 2.84. The molecule has 1 aliphatic rings. The van der Waals surface area contributed by atoms with Crippen molar-refractivity contribution >= 4 is 0 Å². The molecule has 3 aromatic rings. The van der Waals surface area contributed by atoms with Gasteiger partial charge in [-0.3, -0.25) is 4.90 Å². The summed E-state index contributed by atoms with van der Waals surface area (Å²) in [5, 5.41) is 0. The van der Waals surface area contributed by atoms with Crippen LogP contribution in [-0.4, -0.2) is 37.3 Å². The molecule has 1 aliphatic heterocycles. The standard InChI is InChI=1S/C28H34N2O4/c1-28(2)15-9-17-30(18-21-10-7-14-25(31-3)26(21)32-4)19-22-11-8-16-29-27(22)34-24-13-6-5-12-23(24)33-20-28/h5-8,10-14,16H,9,15,17-20H2,1-4H3. The van der Waals surface area contributed by atoms with Crippen LogP contribution >= 0.6 is 0 Å². The van der Waals surface area contributed by atoms with E-state index in [1.165, 1.54) is 0 Å². The molecule has 4 rings (SSSR count). The van der Waals surface area contributed by atoms with Crippen molar-refractivity contribution in [1.29, 1.82) is 0 Å². The van der Waals surface area contributed by atoms with Crippen LogP contribution < -0.4 is 18.9 Å². The molecule has 0 saturated carbocycles. The number of hydrogen-bond donors (Lipinski definition) is 0. The lowest BCUT2D eigenvalue weighted by atomic mass is 9.88. The summed E-state index contributed by atoms with van der Waals surface area (Å²) in [5.74, 6) is 3.53.